The van der Waals surface area contributed by atoms with Crippen LogP contribution in [0.4, 0.5) is 11.4 Å². The van der Waals surface area contributed by atoms with Gasteiger partial charge in [-0.1, -0.05) is 48.9 Å². The van der Waals surface area contributed by atoms with Crippen LogP contribution in [0.3, 0.4) is 0 Å². The van der Waals surface area contributed by atoms with Crippen molar-refractivity contribution in [3.8, 4) is 0 Å². The fourth-order valence-electron chi connectivity index (χ4n) is 3.94. The van der Waals surface area contributed by atoms with Gasteiger partial charge in [-0.15, -0.1) is 0 Å². The van der Waals surface area contributed by atoms with Gasteiger partial charge in [-0.3, -0.25) is 9.98 Å². The molecular formula is C28H35N3. The molecule has 3 nitrogen and oxygen atoms in total. The van der Waals surface area contributed by atoms with Gasteiger partial charge < -0.3 is 5.41 Å². The summed E-state index contributed by atoms with van der Waals surface area (Å²) >= 11 is 0. The van der Waals surface area contributed by atoms with E-state index in [0.29, 0.717) is 23.5 Å². The van der Waals surface area contributed by atoms with Gasteiger partial charge in [-0.25, -0.2) is 0 Å². The van der Waals surface area contributed by atoms with E-state index in [1.54, 1.807) is 0 Å². The van der Waals surface area contributed by atoms with Gasteiger partial charge in [-0.05, 0) is 81.2 Å². The van der Waals surface area contributed by atoms with Gasteiger partial charge >= 0.3 is 0 Å². The van der Waals surface area contributed by atoms with Gasteiger partial charge in [-0.2, -0.15) is 0 Å². The van der Waals surface area contributed by atoms with Gasteiger partial charge in [0.2, 0.25) is 0 Å². The Hall–Kier alpha value is -2.81. The fraction of sp³-hybridized carbons (Fsp3) is 0.393. The zero-order valence-corrected chi connectivity index (χ0v) is 19.1. The molecular weight excluding hydrogens is 378 g/mol. The number of para-hydroxylation sites is 1. The third-order valence-corrected chi connectivity index (χ3v) is 6.25. The minimum atomic E-state index is 0.366. The van der Waals surface area contributed by atoms with Crippen LogP contribution in [-0.2, 0) is 0 Å². The van der Waals surface area contributed by atoms with Crippen molar-refractivity contribution >= 4 is 29.5 Å². The first-order valence-electron chi connectivity index (χ1n) is 11.5. The lowest BCUT2D eigenvalue weighted by Crippen LogP contribution is -2.16. The summed E-state index contributed by atoms with van der Waals surface area (Å²) in [6.07, 6.45) is 11.9. The molecule has 1 aliphatic rings. The molecule has 0 aromatic heterocycles. The van der Waals surface area contributed by atoms with E-state index >= 15 is 0 Å². The van der Waals surface area contributed by atoms with Crippen molar-refractivity contribution in [2.75, 3.05) is 0 Å². The largest absolute Gasteiger partial charge is 0.310 e. The minimum absolute atomic E-state index is 0.366. The Kier molecular flexibility index (Phi) is 8.52. The Morgan fingerprint density at radius 1 is 0.871 bits per heavy atom. The Morgan fingerprint density at radius 3 is 1.90 bits per heavy atom. The highest BCUT2D eigenvalue weighted by Crippen LogP contribution is 2.29. The highest BCUT2D eigenvalue weighted by atomic mass is 14.7. The van der Waals surface area contributed by atoms with Crippen LogP contribution in [0.25, 0.3) is 0 Å². The van der Waals surface area contributed by atoms with E-state index in [2.05, 4.69) is 73.7 Å². The van der Waals surface area contributed by atoms with Crippen molar-refractivity contribution in [1.82, 2.24) is 0 Å². The van der Waals surface area contributed by atoms with Gasteiger partial charge in [0.1, 0.15) is 0 Å². The Balaban J connectivity index is 1.48. The predicted molar refractivity (Wildman–Crippen MR) is 135 cm³/mol. The summed E-state index contributed by atoms with van der Waals surface area (Å²) in [5, 5.41) is 7.59. The third-order valence-electron chi connectivity index (χ3n) is 6.25. The highest BCUT2D eigenvalue weighted by molar-refractivity contribution is 5.80. The van der Waals surface area contributed by atoms with Crippen molar-refractivity contribution in [2.45, 2.75) is 58.8 Å². The Morgan fingerprint density at radius 2 is 1.39 bits per heavy atom. The van der Waals surface area contributed by atoms with Crippen LogP contribution in [-0.4, -0.2) is 18.1 Å². The Labute approximate surface area is 187 Å². The summed E-state index contributed by atoms with van der Waals surface area (Å²) < 4.78 is 0. The molecule has 1 atom stereocenters. The molecule has 0 heterocycles. The summed E-state index contributed by atoms with van der Waals surface area (Å²) in [7, 11) is 0. The maximum Gasteiger partial charge on any atom is 0.0626 e. The molecule has 0 radical (unpaired) electrons. The molecule has 1 N–H and O–H groups in total. The summed E-state index contributed by atoms with van der Waals surface area (Å²) in [6, 6.07) is 18.8. The molecule has 3 rings (SSSR count). The lowest BCUT2D eigenvalue weighted by molar-refractivity contribution is 0.397. The molecule has 0 aliphatic heterocycles. The zero-order chi connectivity index (χ0) is 22.1. The van der Waals surface area contributed by atoms with E-state index in [0.717, 1.165) is 17.8 Å². The minimum Gasteiger partial charge on any atom is -0.310 e. The molecule has 2 aromatic rings. The van der Waals surface area contributed by atoms with Crippen molar-refractivity contribution in [3.63, 3.8) is 0 Å². The first kappa shape index (κ1) is 22.9. The lowest BCUT2D eigenvalue weighted by atomic mass is 9.83. The van der Waals surface area contributed by atoms with E-state index in [-0.39, 0.29) is 0 Å². The van der Waals surface area contributed by atoms with E-state index < -0.39 is 0 Å². The number of hydrogen-bond acceptors (Lipinski definition) is 3. The van der Waals surface area contributed by atoms with E-state index in [4.69, 9.17) is 10.4 Å². The summed E-state index contributed by atoms with van der Waals surface area (Å²) in [6.45, 7) is 6.23. The summed E-state index contributed by atoms with van der Waals surface area (Å²) in [4.78, 5) is 9.38. The molecule has 1 unspecified atom stereocenters. The van der Waals surface area contributed by atoms with Crippen LogP contribution in [0.5, 0.6) is 0 Å². The van der Waals surface area contributed by atoms with Crippen LogP contribution < -0.4 is 0 Å². The summed E-state index contributed by atoms with van der Waals surface area (Å²) in [5.74, 6) is 1.51. The first-order valence-corrected chi connectivity index (χ1v) is 11.5. The molecule has 2 aromatic carbocycles. The number of nitrogens with one attached hydrogen (secondary N) is 1. The van der Waals surface area contributed by atoms with E-state index in [1.807, 2.05) is 25.1 Å². The lowest BCUT2D eigenvalue weighted by Gasteiger charge is -2.23. The molecule has 162 valence electrons. The number of hydrogen-bond donors (Lipinski definition) is 1. The van der Waals surface area contributed by atoms with Crippen molar-refractivity contribution in [1.29, 1.82) is 5.41 Å². The van der Waals surface area contributed by atoms with Crippen LogP contribution in [0.2, 0.25) is 0 Å². The highest BCUT2D eigenvalue weighted by Gasteiger charge is 2.18. The van der Waals surface area contributed by atoms with Crippen LogP contribution in [0.15, 0.2) is 76.2 Å². The average molecular weight is 414 g/mol. The second-order valence-electron chi connectivity index (χ2n) is 8.81. The molecule has 0 bridgehead atoms. The normalized spacial score (nSPS) is 20.9. The molecule has 1 fully saturated rings. The molecule has 0 amide bonds. The maximum absolute atomic E-state index is 7.59. The fourth-order valence-corrected chi connectivity index (χ4v) is 3.94. The first-order chi connectivity index (χ1) is 15.0. The van der Waals surface area contributed by atoms with E-state index in [1.165, 1.54) is 36.8 Å². The monoisotopic (exact) mass is 413 g/mol. The molecule has 0 saturated heterocycles. The standard InChI is InChI=1S/C28H35N3/c1-21(9-10-22(2)29)23(3)26-15-17-28(18-16-26)31-20-25-13-11-24(12-14-25)19-30-27-7-5-4-6-8-27/h4-9,15-20,23-25,29H,10-14H2,1-3H3. The van der Waals surface area contributed by atoms with E-state index in [9.17, 15) is 0 Å². The van der Waals surface area contributed by atoms with Gasteiger partial charge in [0, 0.05) is 30.5 Å². The van der Waals surface area contributed by atoms with Crippen LogP contribution in [0.1, 0.15) is 64.4 Å². The zero-order valence-electron chi connectivity index (χ0n) is 19.1. The molecule has 31 heavy (non-hydrogen) atoms. The molecule has 1 aliphatic carbocycles. The maximum atomic E-state index is 7.59. The second-order valence-corrected chi connectivity index (χ2v) is 8.81. The third kappa shape index (κ3) is 7.43. The topological polar surface area (TPSA) is 48.6 Å². The Bertz CT molecular complexity index is 914. The van der Waals surface area contributed by atoms with Crippen molar-refractivity contribution in [2.24, 2.45) is 21.8 Å². The predicted octanol–water partition coefficient (Wildman–Crippen LogP) is 8.08. The number of aliphatic imine (C=N–C) groups is 2. The second kappa shape index (κ2) is 11.5. The number of allylic oxidation sites excluding steroid dienone is 2. The van der Waals surface area contributed by atoms with Crippen LogP contribution >= 0.6 is 0 Å². The SMILES string of the molecule is CC(=N)CC=C(C)C(C)c1ccc(N=CC2CCC(C=Nc3ccccc3)CC2)cc1. The van der Waals surface area contributed by atoms with Gasteiger partial charge in [0.25, 0.3) is 0 Å². The number of nitrogens with zero attached hydrogens (tertiary/aromatic N) is 2. The van der Waals surface area contributed by atoms with Crippen molar-refractivity contribution < 1.29 is 0 Å². The quantitative estimate of drug-likeness (QED) is 0.336. The van der Waals surface area contributed by atoms with Gasteiger partial charge in [0.05, 0.1) is 11.4 Å². The smallest absolute Gasteiger partial charge is 0.0626 e. The molecule has 1 saturated carbocycles. The molecule has 0 spiro atoms. The average Bonchev–Trinajstić information content (AvgIpc) is 2.81. The summed E-state index contributed by atoms with van der Waals surface area (Å²) in [5.41, 5.74) is 5.39. The number of rotatable bonds is 8. The molecule has 3 heteroatoms. The van der Waals surface area contributed by atoms with Crippen molar-refractivity contribution in [3.05, 3.63) is 71.8 Å². The number of benzene rings is 2. The van der Waals surface area contributed by atoms with Gasteiger partial charge in [0.15, 0.2) is 0 Å². The van der Waals surface area contributed by atoms with Crippen LogP contribution in [0, 0.1) is 17.2 Å².